The summed E-state index contributed by atoms with van der Waals surface area (Å²) in [5, 5.41) is 6.23. The van der Waals surface area contributed by atoms with E-state index < -0.39 is 21.6 Å². The zero-order valence-corrected chi connectivity index (χ0v) is 15.9. The van der Waals surface area contributed by atoms with Crippen LogP contribution in [0.1, 0.15) is 23.2 Å². The number of anilines is 1. The molecule has 3 aliphatic rings. The topological polar surface area (TPSA) is 114 Å². The average Bonchev–Trinajstić information content (AvgIpc) is 3.07. The molecule has 0 unspecified atom stereocenters. The monoisotopic (exact) mass is 402 g/mol. The number of methoxy groups -OCH3 is 1. The minimum absolute atomic E-state index is 0.122. The highest BCUT2D eigenvalue weighted by Gasteiger charge is 2.26. The van der Waals surface area contributed by atoms with Crippen LogP contribution in [-0.2, 0) is 14.8 Å². The maximum Gasteiger partial charge on any atom is 0.341 e. The molecule has 0 bridgehead atoms. The van der Waals surface area contributed by atoms with Crippen LogP contribution in [0.3, 0.4) is 0 Å². The number of rotatable bonds is 3. The molecule has 4 rings (SSSR count). The summed E-state index contributed by atoms with van der Waals surface area (Å²) in [6.07, 6.45) is 4.51. The number of nitrogens with one attached hydrogen (secondary N) is 1. The summed E-state index contributed by atoms with van der Waals surface area (Å²) in [7, 11) is -2.10. The van der Waals surface area contributed by atoms with Gasteiger partial charge in [0.1, 0.15) is 11.3 Å². The summed E-state index contributed by atoms with van der Waals surface area (Å²) in [5.41, 5.74) is 1.31. The summed E-state index contributed by atoms with van der Waals surface area (Å²) in [6.45, 7) is 0.426. The lowest BCUT2D eigenvalue weighted by molar-refractivity contribution is 0.0600. The van der Waals surface area contributed by atoms with E-state index in [0.717, 1.165) is 6.42 Å². The van der Waals surface area contributed by atoms with E-state index in [0.29, 0.717) is 24.3 Å². The number of hydrogen-bond donors (Lipinski definition) is 1. The zero-order chi connectivity index (χ0) is 19.9. The van der Waals surface area contributed by atoms with Crippen LogP contribution in [-0.4, -0.2) is 48.6 Å². The number of aromatic amines is 1. The van der Waals surface area contributed by atoms with Gasteiger partial charge in [0.2, 0.25) is 10.0 Å². The van der Waals surface area contributed by atoms with Gasteiger partial charge in [0.05, 0.1) is 24.1 Å². The predicted molar refractivity (Wildman–Crippen MR) is 103 cm³/mol. The Morgan fingerprint density at radius 1 is 1.21 bits per heavy atom. The van der Waals surface area contributed by atoms with E-state index in [-0.39, 0.29) is 22.6 Å². The van der Waals surface area contributed by atoms with E-state index in [2.05, 4.69) is 10.2 Å². The normalized spacial score (nSPS) is 16.2. The molecule has 1 aromatic rings. The zero-order valence-electron chi connectivity index (χ0n) is 15.1. The number of pyridine rings is 1. The molecule has 28 heavy (non-hydrogen) atoms. The number of ether oxygens (including phenoxy) is 1. The van der Waals surface area contributed by atoms with Crippen molar-refractivity contribution in [3.05, 3.63) is 52.6 Å². The SMILES string of the molecule is COC(=O)c1cn(-c2cccc(N3CCCCS3(=O)=O)c2)cc2c(=O)[nH]nc1-2. The van der Waals surface area contributed by atoms with Gasteiger partial charge < -0.3 is 9.30 Å². The Kier molecular flexibility index (Phi) is 4.42. The molecule has 1 saturated heterocycles. The minimum Gasteiger partial charge on any atom is -0.465 e. The predicted octanol–water partition coefficient (Wildman–Crippen LogP) is 1.38. The van der Waals surface area contributed by atoms with Crippen molar-refractivity contribution < 1.29 is 17.9 Å². The van der Waals surface area contributed by atoms with Gasteiger partial charge in [-0.25, -0.2) is 18.3 Å². The third-order valence-electron chi connectivity index (χ3n) is 4.73. The molecule has 1 fully saturated rings. The number of H-pyrrole nitrogens is 1. The van der Waals surface area contributed by atoms with E-state index in [1.165, 1.54) is 17.6 Å². The van der Waals surface area contributed by atoms with Crippen molar-refractivity contribution in [3.8, 4) is 16.9 Å². The highest BCUT2D eigenvalue weighted by Crippen LogP contribution is 2.27. The van der Waals surface area contributed by atoms with Crippen molar-refractivity contribution in [1.29, 1.82) is 0 Å². The number of benzene rings is 1. The summed E-state index contributed by atoms with van der Waals surface area (Å²) in [6, 6.07) is 6.93. The molecule has 0 spiro atoms. The number of hydrogen-bond acceptors (Lipinski definition) is 6. The molecule has 0 saturated carbocycles. The van der Waals surface area contributed by atoms with Crippen LogP contribution in [0.15, 0.2) is 41.5 Å². The fourth-order valence-corrected chi connectivity index (χ4v) is 4.96. The van der Waals surface area contributed by atoms with Gasteiger partial charge in [0.25, 0.3) is 5.56 Å². The van der Waals surface area contributed by atoms with Crippen LogP contribution in [0.2, 0.25) is 0 Å². The van der Waals surface area contributed by atoms with E-state index in [4.69, 9.17) is 4.74 Å². The first kappa shape index (κ1) is 18.2. The van der Waals surface area contributed by atoms with Crippen molar-refractivity contribution in [1.82, 2.24) is 14.8 Å². The number of fused-ring (bicyclic) bond motifs is 1. The Morgan fingerprint density at radius 3 is 2.75 bits per heavy atom. The smallest absolute Gasteiger partial charge is 0.341 e. The maximum atomic E-state index is 12.4. The second-order valence-corrected chi connectivity index (χ2v) is 8.51. The fourth-order valence-electron chi connectivity index (χ4n) is 3.33. The molecule has 0 radical (unpaired) electrons. The van der Waals surface area contributed by atoms with Crippen LogP contribution in [0.5, 0.6) is 0 Å². The lowest BCUT2D eigenvalue weighted by Gasteiger charge is -2.28. The number of sulfonamides is 1. The Hall–Kier alpha value is -3.14. The van der Waals surface area contributed by atoms with Crippen molar-refractivity contribution in [2.45, 2.75) is 12.8 Å². The number of carbonyl (C=O) groups excluding carboxylic acids is 1. The molecular formula is C18H18N4O5S. The standard InChI is InChI=1S/C18H18N4O5S/c1-27-18(24)15-11-21(10-14-16(15)19-20-17(14)23)12-5-4-6-13(9-12)22-7-2-3-8-28(22,25)26/h4-6,9-11H,2-3,7-8H2,1H3,(H,20,23). The van der Waals surface area contributed by atoms with Gasteiger partial charge in [-0.2, -0.15) is 5.10 Å². The molecule has 3 heterocycles. The molecule has 1 aromatic carbocycles. The lowest BCUT2D eigenvalue weighted by atomic mass is 10.1. The van der Waals surface area contributed by atoms with E-state index >= 15 is 0 Å². The molecule has 0 aliphatic carbocycles. The van der Waals surface area contributed by atoms with Crippen LogP contribution in [0.4, 0.5) is 5.69 Å². The molecule has 9 nitrogen and oxygen atoms in total. The second kappa shape index (κ2) is 6.79. The minimum atomic E-state index is -3.35. The maximum absolute atomic E-state index is 12.4. The average molecular weight is 402 g/mol. The van der Waals surface area contributed by atoms with Crippen molar-refractivity contribution in [2.75, 3.05) is 23.7 Å². The summed E-state index contributed by atoms with van der Waals surface area (Å²) < 4.78 is 32.6. The number of esters is 1. The van der Waals surface area contributed by atoms with Crippen LogP contribution in [0, 0.1) is 0 Å². The Bertz CT molecular complexity index is 1180. The molecule has 0 amide bonds. The summed E-state index contributed by atoms with van der Waals surface area (Å²) >= 11 is 0. The van der Waals surface area contributed by atoms with Crippen LogP contribution < -0.4 is 9.86 Å². The van der Waals surface area contributed by atoms with Crippen molar-refractivity contribution in [3.63, 3.8) is 0 Å². The lowest BCUT2D eigenvalue weighted by Crippen LogP contribution is -2.37. The molecule has 0 atom stereocenters. The van der Waals surface area contributed by atoms with Gasteiger partial charge in [-0.3, -0.25) is 9.10 Å². The Morgan fingerprint density at radius 2 is 2.00 bits per heavy atom. The molecule has 0 aromatic heterocycles. The highest BCUT2D eigenvalue weighted by atomic mass is 32.2. The van der Waals surface area contributed by atoms with Gasteiger partial charge in [0.15, 0.2) is 0 Å². The van der Waals surface area contributed by atoms with Crippen molar-refractivity contribution >= 4 is 21.7 Å². The third kappa shape index (κ3) is 3.05. The number of nitrogens with zero attached hydrogens (tertiary/aromatic N) is 3. The van der Waals surface area contributed by atoms with Crippen LogP contribution >= 0.6 is 0 Å². The second-order valence-electron chi connectivity index (χ2n) is 6.50. The largest absolute Gasteiger partial charge is 0.465 e. The Labute approximate surface area is 160 Å². The van der Waals surface area contributed by atoms with Crippen molar-refractivity contribution in [2.24, 2.45) is 0 Å². The van der Waals surface area contributed by atoms with Crippen LogP contribution in [0.25, 0.3) is 16.9 Å². The highest BCUT2D eigenvalue weighted by molar-refractivity contribution is 7.92. The van der Waals surface area contributed by atoms with Gasteiger partial charge in [0, 0.05) is 24.6 Å². The van der Waals surface area contributed by atoms with Gasteiger partial charge in [-0.05, 0) is 31.0 Å². The first-order valence-electron chi connectivity index (χ1n) is 8.70. The molecular weight excluding hydrogens is 384 g/mol. The molecule has 10 heteroatoms. The van der Waals surface area contributed by atoms with E-state index in [1.807, 2.05) is 0 Å². The molecule has 3 aliphatic heterocycles. The third-order valence-corrected chi connectivity index (χ3v) is 6.60. The van der Waals surface area contributed by atoms with Gasteiger partial charge in [-0.15, -0.1) is 0 Å². The summed E-state index contributed by atoms with van der Waals surface area (Å²) in [5.74, 6) is -0.502. The van der Waals surface area contributed by atoms with Gasteiger partial charge >= 0.3 is 5.97 Å². The summed E-state index contributed by atoms with van der Waals surface area (Å²) in [4.78, 5) is 24.2. The first-order chi connectivity index (χ1) is 13.4. The quantitative estimate of drug-likeness (QED) is 0.662. The van der Waals surface area contributed by atoms with E-state index in [1.54, 1.807) is 35.0 Å². The fraction of sp³-hybridized carbons (Fsp3) is 0.278. The number of carbonyl (C=O) groups is 1. The van der Waals surface area contributed by atoms with Gasteiger partial charge in [-0.1, -0.05) is 6.07 Å². The number of aromatic nitrogens is 3. The Balaban J connectivity index is 1.85. The van der Waals surface area contributed by atoms with E-state index in [9.17, 15) is 18.0 Å². The first-order valence-corrected chi connectivity index (χ1v) is 10.3. The molecule has 146 valence electrons. The molecule has 1 N–H and O–H groups in total.